The normalized spacial score (nSPS) is 18.0. The van der Waals surface area contributed by atoms with Crippen LogP contribution in [0.25, 0.3) is 11.1 Å². The van der Waals surface area contributed by atoms with Crippen LogP contribution in [0.3, 0.4) is 0 Å². The average Bonchev–Trinajstić information content (AvgIpc) is 3.47. The molecule has 0 bridgehead atoms. The second-order valence-electron chi connectivity index (χ2n) is 10.7. The molecule has 8 nitrogen and oxygen atoms in total. The highest BCUT2D eigenvalue weighted by molar-refractivity contribution is 6.00. The zero-order valence-corrected chi connectivity index (χ0v) is 23.5. The number of rotatable bonds is 8. The number of carbonyl (C=O) groups is 1. The Morgan fingerprint density at radius 1 is 1.00 bits per heavy atom. The molecule has 2 aliphatic heterocycles. The Morgan fingerprint density at radius 2 is 1.81 bits per heavy atom. The summed E-state index contributed by atoms with van der Waals surface area (Å²) in [5.41, 5.74) is 6.33. The van der Waals surface area contributed by atoms with Crippen molar-refractivity contribution in [3.05, 3.63) is 107 Å². The van der Waals surface area contributed by atoms with Gasteiger partial charge in [0.05, 0.1) is 19.3 Å². The fraction of sp³-hybridized carbons (Fsp3) is 0.265. The number of methoxy groups -OCH3 is 1. The van der Waals surface area contributed by atoms with E-state index in [0.717, 1.165) is 27.9 Å². The van der Waals surface area contributed by atoms with E-state index in [1.54, 1.807) is 12.0 Å². The summed E-state index contributed by atoms with van der Waals surface area (Å²) < 4.78 is 17.0. The van der Waals surface area contributed by atoms with Crippen LogP contribution in [0.15, 0.2) is 84.9 Å². The molecule has 4 aromatic rings. The molecule has 0 aromatic heterocycles. The molecule has 0 spiro atoms. The Balaban J connectivity index is 1.23. The van der Waals surface area contributed by atoms with E-state index in [-0.39, 0.29) is 47.5 Å². The van der Waals surface area contributed by atoms with Gasteiger partial charge in [-0.05, 0) is 46.4 Å². The zero-order chi connectivity index (χ0) is 29.1. The van der Waals surface area contributed by atoms with Crippen molar-refractivity contribution in [3.63, 3.8) is 0 Å². The number of aromatic hydroxyl groups is 2. The Morgan fingerprint density at radius 3 is 2.60 bits per heavy atom. The van der Waals surface area contributed by atoms with E-state index in [1.165, 1.54) is 17.7 Å². The first-order chi connectivity index (χ1) is 20.5. The first-order valence-corrected chi connectivity index (χ1v) is 14.1. The predicted molar refractivity (Wildman–Crippen MR) is 160 cm³/mol. The van der Waals surface area contributed by atoms with Crippen molar-refractivity contribution >= 4 is 11.6 Å². The van der Waals surface area contributed by atoms with Gasteiger partial charge in [0.1, 0.15) is 35.5 Å². The third-order valence-corrected chi connectivity index (χ3v) is 7.96. The molecule has 216 valence electrons. The van der Waals surface area contributed by atoms with Crippen molar-refractivity contribution in [2.24, 2.45) is 0 Å². The summed E-state index contributed by atoms with van der Waals surface area (Å²) in [7, 11) is 1.70. The van der Waals surface area contributed by atoms with Crippen LogP contribution < -0.4 is 10.1 Å². The van der Waals surface area contributed by atoms with Crippen molar-refractivity contribution in [3.8, 4) is 28.4 Å². The SMILES string of the molecule is COC1COCC1Nc1ccc(-c2cccc3c2CN(C(=O)c2c(O)cc(O)cc2OCc2ccccc2)CC3)cc1. The lowest BCUT2D eigenvalue weighted by Crippen LogP contribution is -2.36. The highest BCUT2D eigenvalue weighted by Crippen LogP contribution is 2.37. The molecule has 1 amide bonds. The van der Waals surface area contributed by atoms with Crippen molar-refractivity contribution in [2.75, 3.05) is 32.2 Å². The van der Waals surface area contributed by atoms with Gasteiger partial charge in [0, 0.05) is 38.0 Å². The molecule has 0 aliphatic carbocycles. The van der Waals surface area contributed by atoms with E-state index in [2.05, 4.69) is 47.8 Å². The molecule has 4 aromatic carbocycles. The van der Waals surface area contributed by atoms with Crippen molar-refractivity contribution in [2.45, 2.75) is 31.7 Å². The van der Waals surface area contributed by atoms with Crippen molar-refractivity contribution in [1.82, 2.24) is 4.90 Å². The van der Waals surface area contributed by atoms with E-state index in [4.69, 9.17) is 14.2 Å². The summed E-state index contributed by atoms with van der Waals surface area (Å²) in [6.45, 7) is 2.27. The number of fused-ring (bicyclic) bond motifs is 1. The topological polar surface area (TPSA) is 100 Å². The smallest absolute Gasteiger partial charge is 0.261 e. The summed E-state index contributed by atoms with van der Waals surface area (Å²) >= 11 is 0. The Kier molecular flexibility index (Phi) is 7.99. The summed E-state index contributed by atoms with van der Waals surface area (Å²) in [5.74, 6) is -0.683. The first-order valence-electron chi connectivity index (χ1n) is 14.1. The van der Waals surface area contributed by atoms with Crippen molar-refractivity contribution in [1.29, 1.82) is 0 Å². The third kappa shape index (κ3) is 5.77. The lowest BCUT2D eigenvalue weighted by atomic mass is 9.90. The van der Waals surface area contributed by atoms with Crippen LogP contribution in [0.5, 0.6) is 17.2 Å². The maximum absolute atomic E-state index is 13.9. The van der Waals surface area contributed by atoms with Crippen LogP contribution in [0.1, 0.15) is 27.0 Å². The monoisotopic (exact) mass is 566 g/mol. The van der Waals surface area contributed by atoms with E-state index in [9.17, 15) is 15.0 Å². The molecule has 0 radical (unpaired) electrons. The quantitative estimate of drug-likeness (QED) is 0.264. The molecule has 1 fully saturated rings. The predicted octanol–water partition coefficient (Wildman–Crippen LogP) is 5.37. The van der Waals surface area contributed by atoms with Crippen LogP contribution in [0.2, 0.25) is 0 Å². The largest absolute Gasteiger partial charge is 0.508 e. The van der Waals surface area contributed by atoms with Crippen LogP contribution in [0, 0.1) is 0 Å². The van der Waals surface area contributed by atoms with Gasteiger partial charge >= 0.3 is 0 Å². The minimum absolute atomic E-state index is 0.0200. The minimum atomic E-state index is -0.345. The summed E-state index contributed by atoms with van der Waals surface area (Å²) in [5, 5.41) is 24.4. The lowest BCUT2D eigenvalue weighted by molar-refractivity contribution is 0.0726. The van der Waals surface area contributed by atoms with Gasteiger partial charge in [-0.3, -0.25) is 4.79 Å². The molecule has 2 aliphatic rings. The highest BCUT2D eigenvalue weighted by Gasteiger charge is 2.30. The van der Waals surface area contributed by atoms with Gasteiger partial charge < -0.3 is 34.6 Å². The number of nitrogens with one attached hydrogen (secondary N) is 1. The van der Waals surface area contributed by atoms with Crippen LogP contribution >= 0.6 is 0 Å². The van der Waals surface area contributed by atoms with E-state index in [0.29, 0.717) is 32.7 Å². The summed E-state index contributed by atoms with van der Waals surface area (Å²) in [6, 6.07) is 26.7. The molecule has 2 unspecified atom stereocenters. The molecule has 2 atom stereocenters. The number of amides is 1. The van der Waals surface area contributed by atoms with Gasteiger partial charge in [0.2, 0.25) is 0 Å². The Labute approximate surface area is 245 Å². The number of benzene rings is 4. The standard InChI is InChI=1S/C34H34N2O6/c1-40-32-21-41-20-29(32)35-25-12-10-24(11-13-25)27-9-5-8-23-14-15-36(18-28(23)27)34(39)33-30(38)16-26(37)17-31(33)42-19-22-6-3-2-4-7-22/h2-13,16-17,29,32,35,37-38H,14-15,18-21H2,1H3. The van der Waals surface area contributed by atoms with Crippen molar-refractivity contribution < 1.29 is 29.2 Å². The number of anilines is 1. The molecular weight excluding hydrogens is 532 g/mol. The zero-order valence-electron chi connectivity index (χ0n) is 23.5. The number of nitrogens with zero attached hydrogens (tertiary/aromatic N) is 1. The van der Waals surface area contributed by atoms with E-state index < -0.39 is 0 Å². The molecule has 1 saturated heterocycles. The first kappa shape index (κ1) is 27.6. The Hall–Kier alpha value is -4.53. The number of carbonyl (C=O) groups excluding carboxylic acids is 1. The maximum atomic E-state index is 13.9. The number of hydrogen-bond donors (Lipinski definition) is 3. The van der Waals surface area contributed by atoms with Gasteiger partial charge in [0.25, 0.3) is 5.91 Å². The van der Waals surface area contributed by atoms with Gasteiger partial charge in [-0.25, -0.2) is 0 Å². The summed E-state index contributed by atoms with van der Waals surface area (Å²) in [6.07, 6.45) is 0.708. The molecule has 42 heavy (non-hydrogen) atoms. The maximum Gasteiger partial charge on any atom is 0.261 e. The van der Waals surface area contributed by atoms with Gasteiger partial charge in [-0.2, -0.15) is 0 Å². The molecular formula is C34H34N2O6. The van der Waals surface area contributed by atoms with Crippen LogP contribution in [-0.4, -0.2) is 60.0 Å². The minimum Gasteiger partial charge on any atom is -0.508 e. The van der Waals surface area contributed by atoms with Gasteiger partial charge in [0.15, 0.2) is 0 Å². The number of phenols is 2. The second-order valence-corrected chi connectivity index (χ2v) is 10.7. The molecule has 0 saturated carbocycles. The number of ether oxygens (including phenoxy) is 3. The van der Waals surface area contributed by atoms with Gasteiger partial charge in [-0.1, -0.05) is 60.7 Å². The van der Waals surface area contributed by atoms with Crippen LogP contribution in [-0.2, 0) is 29.0 Å². The van der Waals surface area contributed by atoms with Gasteiger partial charge in [-0.15, -0.1) is 0 Å². The van der Waals surface area contributed by atoms with Crippen LogP contribution in [0.4, 0.5) is 5.69 Å². The fourth-order valence-electron chi connectivity index (χ4n) is 5.70. The third-order valence-electron chi connectivity index (χ3n) is 7.96. The molecule has 8 heteroatoms. The van der Waals surface area contributed by atoms with E-state index in [1.807, 2.05) is 30.3 Å². The number of phenolic OH excluding ortho intramolecular Hbond substituents is 2. The molecule has 6 rings (SSSR count). The highest BCUT2D eigenvalue weighted by atomic mass is 16.5. The Bertz CT molecular complexity index is 1560. The lowest BCUT2D eigenvalue weighted by Gasteiger charge is -2.31. The van der Waals surface area contributed by atoms with E-state index >= 15 is 0 Å². The second kappa shape index (κ2) is 12.1. The number of hydrogen-bond acceptors (Lipinski definition) is 7. The average molecular weight is 567 g/mol. The molecule has 2 heterocycles. The molecule has 3 N–H and O–H groups in total. The fourth-order valence-corrected chi connectivity index (χ4v) is 5.70. The summed E-state index contributed by atoms with van der Waals surface area (Å²) in [4.78, 5) is 15.6.